The van der Waals surface area contributed by atoms with Crippen molar-refractivity contribution in [1.82, 2.24) is 10.3 Å². The molecular formula is C26H33ClN2O4. The van der Waals surface area contributed by atoms with E-state index < -0.39 is 0 Å². The van der Waals surface area contributed by atoms with Gasteiger partial charge in [0.05, 0.1) is 18.5 Å². The van der Waals surface area contributed by atoms with Gasteiger partial charge in [-0.15, -0.1) is 11.6 Å². The summed E-state index contributed by atoms with van der Waals surface area (Å²) in [7, 11) is 1.60. The molecule has 1 N–H and O–H groups in total. The number of benzene rings is 2. The number of aromatic nitrogens is 1. The number of carbonyl (C=O) groups is 1. The predicted octanol–water partition coefficient (Wildman–Crippen LogP) is 6.21. The molecule has 0 atom stereocenters. The summed E-state index contributed by atoms with van der Waals surface area (Å²) in [6.07, 6.45) is 2.74. The molecule has 0 aliphatic carbocycles. The zero-order valence-corrected chi connectivity index (χ0v) is 20.7. The van der Waals surface area contributed by atoms with E-state index in [9.17, 15) is 4.79 Å². The van der Waals surface area contributed by atoms with Gasteiger partial charge in [-0.05, 0) is 36.1 Å². The van der Waals surface area contributed by atoms with Crippen molar-refractivity contribution < 1.29 is 19.0 Å². The van der Waals surface area contributed by atoms with Crippen molar-refractivity contribution in [1.29, 1.82) is 0 Å². The Morgan fingerprint density at radius 1 is 1.06 bits per heavy atom. The lowest BCUT2D eigenvalue weighted by atomic mass is 9.92. The van der Waals surface area contributed by atoms with E-state index in [1.807, 2.05) is 48.5 Å². The van der Waals surface area contributed by atoms with E-state index in [4.69, 9.17) is 25.8 Å². The molecule has 1 heterocycles. The second kappa shape index (κ2) is 12.9. The minimum absolute atomic E-state index is 0.0595. The Labute approximate surface area is 201 Å². The molecule has 0 radical (unpaired) electrons. The topological polar surface area (TPSA) is 69.7 Å². The second-order valence-corrected chi connectivity index (χ2v) is 8.95. The highest BCUT2D eigenvalue weighted by Gasteiger charge is 2.12. The van der Waals surface area contributed by atoms with Crippen molar-refractivity contribution in [3.05, 3.63) is 54.7 Å². The number of para-hydroxylation sites is 1. The number of hydrogen-bond acceptors (Lipinski definition) is 5. The molecule has 1 amide bonds. The first-order valence-corrected chi connectivity index (χ1v) is 11.4. The highest BCUT2D eigenvalue weighted by molar-refractivity contribution is 6.18. The zero-order valence-electron chi connectivity index (χ0n) is 20.0. The molecule has 0 aliphatic rings. The number of alkyl halides is 1. The van der Waals surface area contributed by atoms with Gasteiger partial charge in [0.25, 0.3) is 0 Å². The van der Waals surface area contributed by atoms with Crippen LogP contribution in [0.5, 0.6) is 23.0 Å². The molecule has 0 aliphatic heterocycles. The van der Waals surface area contributed by atoms with Crippen LogP contribution in [0.1, 0.15) is 34.1 Å². The van der Waals surface area contributed by atoms with E-state index in [-0.39, 0.29) is 5.91 Å². The Bertz CT molecular complexity index is 1020. The normalized spacial score (nSPS) is 10.7. The lowest BCUT2D eigenvalue weighted by Gasteiger charge is -2.17. The third kappa shape index (κ3) is 9.18. The van der Waals surface area contributed by atoms with Crippen LogP contribution in [0, 0.1) is 5.41 Å². The number of carbonyl (C=O) groups excluding carboxylic acids is 1. The smallest absolute Gasteiger partial charge is 0.216 e. The highest BCUT2D eigenvalue weighted by Crippen LogP contribution is 2.37. The molecule has 0 saturated heterocycles. The SMILES string of the molecule is CC(=O)NCCC(C)(C)C.COc1cc2c(Oc3ccccc3)ccnc2cc1OCCCl. The molecule has 0 fully saturated rings. The van der Waals surface area contributed by atoms with Gasteiger partial charge in [0.1, 0.15) is 18.1 Å². The number of amides is 1. The number of rotatable bonds is 8. The van der Waals surface area contributed by atoms with Crippen molar-refractivity contribution >= 4 is 28.4 Å². The predicted molar refractivity (Wildman–Crippen MR) is 134 cm³/mol. The van der Waals surface area contributed by atoms with Crippen molar-refractivity contribution in [2.45, 2.75) is 34.1 Å². The summed E-state index contributed by atoms with van der Waals surface area (Å²) in [5.74, 6) is 3.18. The van der Waals surface area contributed by atoms with Gasteiger partial charge in [0.15, 0.2) is 11.5 Å². The molecule has 2 aromatic carbocycles. The maximum absolute atomic E-state index is 10.4. The Balaban J connectivity index is 0.000000328. The molecule has 6 nitrogen and oxygen atoms in total. The van der Waals surface area contributed by atoms with Gasteiger partial charge >= 0.3 is 0 Å². The maximum atomic E-state index is 10.4. The number of fused-ring (bicyclic) bond motifs is 1. The van der Waals surface area contributed by atoms with Gasteiger partial charge in [-0.3, -0.25) is 9.78 Å². The molecule has 3 aromatic rings. The molecule has 0 unspecified atom stereocenters. The Morgan fingerprint density at radius 3 is 2.39 bits per heavy atom. The van der Waals surface area contributed by atoms with Crippen LogP contribution in [0.4, 0.5) is 0 Å². The fourth-order valence-electron chi connectivity index (χ4n) is 2.87. The number of nitrogens with zero attached hydrogens (tertiary/aromatic N) is 1. The number of nitrogens with one attached hydrogen (secondary N) is 1. The lowest BCUT2D eigenvalue weighted by molar-refractivity contribution is -0.119. The first kappa shape index (κ1) is 26.3. The molecule has 33 heavy (non-hydrogen) atoms. The Kier molecular flexibility index (Phi) is 10.3. The van der Waals surface area contributed by atoms with Gasteiger partial charge in [-0.25, -0.2) is 0 Å². The summed E-state index contributed by atoms with van der Waals surface area (Å²) in [5.41, 5.74) is 1.09. The van der Waals surface area contributed by atoms with Gasteiger partial charge in [-0.1, -0.05) is 39.0 Å². The van der Waals surface area contributed by atoms with Crippen LogP contribution in [-0.4, -0.2) is 37.0 Å². The van der Waals surface area contributed by atoms with Gasteiger partial charge in [0, 0.05) is 31.1 Å². The standard InChI is InChI=1S/C18H16ClNO3.C8H17NO/c1-21-17-11-14-15(12-18(17)22-10-8-19)20-9-7-16(14)23-13-5-3-2-4-6-13;1-7(10)9-6-5-8(2,3)4/h2-7,9,11-12H,8,10H2,1H3;5-6H2,1-4H3,(H,9,10). The van der Waals surface area contributed by atoms with E-state index in [0.717, 1.165) is 29.6 Å². The van der Waals surface area contributed by atoms with Crippen molar-refractivity contribution in [2.75, 3.05) is 26.1 Å². The van der Waals surface area contributed by atoms with Gasteiger partial charge in [0.2, 0.25) is 5.91 Å². The van der Waals surface area contributed by atoms with E-state index >= 15 is 0 Å². The van der Waals surface area contributed by atoms with Crippen molar-refractivity contribution in [3.8, 4) is 23.0 Å². The first-order chi connectivity index (χ1) is 15.7. The first-order valence-electron chi connectivity index (χ1n) is 10.9. The van der Waals surface area contributed by atoms with Gasteiger partial charge in [-0.2, -0.15) is 0 Å². The van der Waals surface area contributed by atoms with Crippen LogP contribution in [-0.2, 0) is 4.79 Å². The van der Waals surface area contributed by atoms with Crippen molar-refractivity contribution in [3.63, 3.8) is 0 Å². The summed E-state index contributed by atoms with van der Waals surface area (Å²) in [4.78, 5) is 14.8. The van der Waals surface area contributed by atoms with E-state index in [1.165, 1.54) is 0 Å². The van der Waals surface area contributed by atoms with Crippen LogP contribution in [0.2, 0.25) is 0 Å². The zero-order chi connectivity index (χ0) is 24.3. The van der Waals surface area contributed by atoms with E-state index in [0.29, 0.717) is 35.2 Å². The van der Waals surface area contributed by atoms with Crippen LogP contribution < -0.4 is 19.5 Å². The number of halogens is 1. The average molecular weight is 473 g/mol. The minimum atomic E-state index is 0.0595. The average Bonchev–Trinajstić information content (AvgIpc) is 2.77. The highest BCUT2D eigenvalue weighted by atomic mass is 35.5. The van der Waals surface area contributed by atoms with Crippen LogP contribution >= 0.6 is 11.6 Å². The molecule has 0 bridgehead atoms. The summed E-state index contributed by atoms with van der Waals surface area (Å²) >= 11 is 5.68. The van der Waals surface area contributed by atoms with Crippen LogP contribution in [0.3, 0.4) is 0 Å². The van der Waals surface area contributed by atoms with Crippen molar-refractivity contribution in [2.24, 2.45) is 5.41 Å². The van der Waals surface area contributed by atoms with Crippen LogP contribution in [0.25, 0.3) is 10.9 Å². The molecule has 1 aromatic heterocycles. The summed E-state index contributed by atoms with van der Waals surface area (Å²) in [6, 6.07) is 15.1. The fourth-order valence-corrected chi connectivity index (χ4v) is 2.94. The Morgan fingerprint density at radius 2 is 1.79 bits per heavy atom. The number of methoxy groups -OCH3 is 1. The quantitative estimate of drug-likeness (QED) is 0.394. The number of ether oxygens (including phenoxy) is 3. The fraction of sp³-hybridized carbons (Fsp3) is 0.385. The third-order valence-electron chi connectivity index (χ3n) is 4.54. The number of pyridine rings is 1. The minimum Gasteiger partial charge on any atom is -0.493 e. The maximum Gasteiger partial charge on any atom is 0.216 e. The van der Waals surface area contributed by atoms with E-state index in [1.54, 1.807) is 20.2 Å². The van der Waals surface area contributed by atoms with Crippen LogP contribution in [0.15, 0.2) is 54.7 Å². The molecule has 0 spiro atoms. The second-order valence-electron chi connectivity index (χ2n) is 8.58. The lowest BCUT2D eigenvalue weighted by Crippen LogP contribution is -2.24. The molecule has 178 valence electrons. The summed E-state index contributed by atoms with van der Waals surface area (Å²) in [5, 5.41) is 3.62. The molecule has 3 rings (SSSR count). The monoisotopic (exact) mass is 472 g/mol. The molecule has 0 saturated carbocycles. The molecular weight excluding hydrogens is 440 g/mol. The molecule has 7 heteroatoms. The third-order valence-corrected chi connectivity index (χ3v) is 4.70. The largest absolute Gasteiger partial charge is 0.493 e. The summed E-state index contributed by atoms with van der Waals surface area (Å²) < 4.78 is 17.0. The number of hydrogen-bond donors (Lipinski definition) is 1. The van der Waals surface area contributed by atoms with E-state index in [2.05, 4.69) is 31.1 Å². The Hall–Kier alpha value is -2.99. The van der Waals surface area contributed by atoms with Gasteiger partial charge < -0.3 is 19.5 Å². The summed E-state index contributed by atoms with van der Waals surface area (Å²) in [6.45, 7) is 9.23.